The number of rotatable bonds is 1. The number of carboxylic acids is 1. The smallest absolute Gasteiger partial charge is 0.339 e. The molecule has 0 saturated heterocycles. The Balaban J connectivity index is 3.20. The summed E-state index contributed by atoms with van der Waals surface area (Å²) < 4.78 is 0. The predicted molar refractivity (Wildman–Crippen MR) is 38.3 cm³/mol. The van der Waals surface area contributed by atoms with Gasteiger partial charge in [0.2, 0.25) is 0 Å². The molecule has 0 unspecified atom stereocenters. The third-order valence-corrected chi connectivity index (χ3v) is 1.37. The Bertz CT molecular complexity index is 291. The minimum absolute atomic E-state index is 0.171. The van der Waals surface area contributed by atoms with Crippen molar-refractivity contribution in [2.75, 3.05) is 0 Å². The zero-order valence-electron chi connectivity index (χ0n) is 6.00. The van der Waals surface area contributed by atoms with Gasteiger partial charge in [0.25, 0.3) is 0 Å². The quantitative estimate of drug-likeness (QED) is 0.665. The molecule has 0 aliphatic heterocycles. The summed E-state index contributed by atoms with van der Waals surface area (Å²) in [4.78, 5) is 10.3. The van der Waals surface area contributed by atoms with Crippen LogP contribution in [0.4, 0.5) is 0 Å². The number of hydrogen-bond acceptors (Lipinski definition) is 1. The molecule has 0 fully saturated rings. The average molecular weight is 151 g/mol. The van der Waals surface area contributed by atoms with Gasteiger partial charge in [-0.1, -0.05) is 6.07 Å². The molecule has 57 valence electrons. The van der Waals surface area contributed by atoms with Crippen molar-refractivity contribution in [2.24, 2.45) is 0 Å². The van der Waals surface area contributed by atoms with E-state index >= 15 is 0 Å². The van der Waals surface area contributed by atoms with Gasteiger partial charge in [-0.05, 0) is 24.6 Å². The summed E-state index contributed by atoms with van der Waals surface area (Å²) in [7, 11) is 0. The lowest BCUT2D eigenvalue weighted by atomic mass is 10.1. The van der Waals surface area contributed by atoms with Gasteiger partial charge in [-0.3, -0.25) is 5.11 Å². The van der Waals surface area contributed by atoms with Crippen LogP contribution in [-0.2, 0) is 5.11 Å². The van der Waals surface area contributed by atoms with Crippen molar-refractivity contribution in [1.29, 1.82) is 0 Å². The molecule has 0 aromatic heterocycles. The third-order valence-electron chi connectivity index (χ3n) is 1.37. The SMILES string of the molecule is Cc1ccc(C(=O)O)c([O])c1. The van der Waals surface area contributed by atoms with Crippen molar-refractivity contribution < 1.29 is 15.0 Å². The van der Waals surface area contributed by atoms with Crippen LogP contribution in [0.1, 0.15) is 15.9 Å². The number of benzene rings is 1. The highest BCUT2D eigenvalue weighted by Crippen LogP contribution is 2.18. The molecule has 11 heavy (non-hydrogen) atoms. The fourth-order valence-electron chi connectivity index (χ4n) is 0.806. The number of carboxylic acid groups (broad SMARTS) is 1. The molecule has 0 spiro atoms. The van der Waals surface area contributed by atoms with Crippen LogP contribution in [-0.4, -0.2) is 11.1 Å². The molecule has 1 aromatic carbocycles. The van der Waals surface area contributed by atoms with Crippen LogP contribution >= 0.6 is 0 Å². The first-order valence-corrected chi connectivity index (χ1v) is 3.12. The zero-order chi connectivity index (χ0) is 8.43. The summed E-state index contributed by atoms with van der Waals surface area (Å²) in [6.45, 7) is 1.74. The molecule has 3 heteroatoms. The van der Waals surface area contributed by atoms with Crippen LogP contribution in [0, 0.1) is 6.92 Å². The van der Waals surface area contributed by atoms with Gasteiger partial charge in [0.05, 0.1) is 0 Å². The Labute approximate surface area is 63.9 Å². The summed E-state index contributed by atoms with van der Waals surface area (Å²) >= 11 is 0. The lowest BCUT2D eigenvalue weighted by Gasteiger charge is -1.96. The van der Waals surface area contributed by atoms with E-state index in [1.165, 1.54) is 12.1 Å². The number of aryl methyl sites for hydroxylation is 1. The first kappa shape index (κ1) is 7.60. The fourth-order valence-corrected chi connectivity index (χ4v) is 0.806. The van der Waals surface area contributed by atoms with Gasteiger partial charge in [-0.2, -0.15) is 0 Å². The highest BCUT2D eigenvalue weighted by Gasteiger charge is 2.09. The van der Waals surface area contributed by atoms with Crippen LogP contribution in [0.5, 0.6) is 5.75 Å². The van der Waals surface area contributed by atoms with Crippen molar-refractivity contribution in [3.05, 3.63) is 29.3 Å². The molecule has 1 radical (unpaired) electrons. The Hall–Kier alpha value is -1.51. The first-order chi connectivity index (χ1) is 5.11. The van der Waals surface area contributed by atoms with E-state index in [0.29, 0.717) is 0 Å². The van der Waals surface area contributed by atoms with Gasteiger partial charge in [0, 0.05) is 0 Å². The van der Waals surface area contributed by atoms with Crippen molar-refractivity contribution in [1.82, 2.24) is 0 Å². The van der Waals surface area contributed by atoms with E-state index in [1.54, 1.807) is 13.0 Å². The van der Waals surface area contributed by atoms with Crippen molar-refractivity contribution in [2.45, 2.75) is 6.92 Å². The number of carbonyl (C=O) groups is 1. The molecule has 1 aromatic rings. The highest BCUT2D eigenvalue weighted by molar-refractivity contribution is 5.90. The van der Waals surface area contributed by atoms with Gasteiger partial charge in [-0.25, -0.2) is 4.79 Å². The van der Waals surface area contributed by atoms with E-state index in [9.17, 15) is 9.90 Å². The summed E-state index contributed by atoms with van der Waals surface area (Å²) in [5, 5.41) is 19.4. The molecule has 0 bridgehead atoms. The molecule has 0 saturated carbocycles. The minimum atomic E-state index is -1.17. The standard InChI is InChI=1S/C8H7O3/c1-5-2-3-6(8(10)11)7(9)4-5/h2-4H,1H3,(H,10,11). The van der Waals surface area contributed by atoms with E-state index in [-0.39, 0.29) is 5.56 Å². The van der Waals surface area contributed by atoms with Gasteiger partial charge in [0.1, 0.15) is 5.56 Å². The van der Waals surface area contributed by atoms with E-state index in [1.807, 2.05) is 0 Å². The van der Waals surface area contributed by atoms with Crippen molar-refractivity contribution >= 4 is 5.97 Å². The van der Waals surface area contributed by atoms with Crippen molar-refractivity contribution in [3.63, 3.8) is 0 Å². The Morgan fingerprint density at radius 3 is 2.55 bits per heavy atom. The third kappa shape index (κ3) is 1.49. The summed E-state index contributed by atoms with van der Waals surface area (Å²) in [5.74, 6) is -1.60. The predicted octanol–water partition coefficient (Wildman–Crippen LogP) is 1.84. The van der Waals surface area contributed by atoms with Gasteiger partial charge < -0.3 is 5.11 Å². The second kappa shape index (κ2) is 2.62. The Kier molecular flexibility index (Phi) is 1.81. The summed E-state index contributed by atoms with van der Waals surface area (Å²) in [6, 6.07) is 4.23. The maximum Gasteiger partial charge on any atom is 0.339 e. The topological polar surface area (TPSA) is 57.2 Å². The molecule has 1 rings (SSSR count). The van der Waals surface area contributed by atoms with Crippen LogP contribution < -0.4 is 0 Å². The Morgan fingerprint density at radius 2 is 2.09 bits per heavy atom. The molecular formula is C8H7O3. The van der Waals surface area contributed by atoms with Crippen LogP contribution in [0.15, 0.2) is 18.2 Å². The van der Waals surface area contributed by atoms with Gasteiger partial charge in [-0.15, -0.1) is 0 Å². The van der Waals surface area contributed by atoms with Gasteiger partial charge >= 0.3 is 5.97 Å². The molecule has 0 aliphatic rings. The van der Waals surface area contributed by atoms with E-state index < -0.39 is 11.7 Å². The van der Waals surface area contributed by atoms with Gasteiger partial charge in [0.15, 0.2) is 5.75 Å². The number of hydrogen-bond donors (Lipinski definition) is 1. The lowest BCUT2D eigenvalue weighted by Crippen LogP contribution is -1.95. The molecule has 1 N–H and O–H groups in total. The van der Waals surface area contributed by atoms with Crippen LogP contribution in [0.25, 0.3) is 0 Å². The lowest BCUT2D eigenvalue weighted by molar-refractivity contribution is 0.0692. The fraction of sp³-hybridized carbons (Fsp3) is 0.125. The van der Waals surface area contributed by atoms with E-state index in [2.05, 4.69) is 0 Å². The largest absolute Gasteiger partial charge is 0.478 e. The maximum atomic E-state index is 10.9. The average Bonchev–Trinajstić information content (AvgIpc) is 1.85. The number of aromatic carboxylic acids is 1. The van der Waals surface area contributed by atoms with Crippen LogP contribution in [0.2, 0.25) is 0 Å². The van der Waals surface area contributed by atoms with E-state index in [0.717, 1.165) is 5.56 Å². The molecule has 0 amide bonds. The van der Waals surface area contributed by atoms with Crippen molar-refractivity contribution in [3.8, 4) is 5.75 Å². The molecule has 0 aliphatic carbocycles. The molecule has 0 atom stereocenters. The Morgan fingerprint density at radius 1 is 1.45 bits per heavy atom. The second-order valence-electron chi connectivity index (χ2n) is 2.30. The summed E-state index contributed by atoms with van der Waals surface area (Å²) in [5.41, 5.74) is 0.607. The molecule has 3 nitrogen and oxygen atoms in total. The zero-order valence-corrected chi connectivity index (χ0v) is 6.00. The molecule has 0 heterocycles. The minimum Gasteiger partial charge on any atom is -0.478 e. The monoisotopic (exact) mass is 151 g/mol. The molecular weight excluding hydrogens is 144 g/mol. The first-order valence-electron chi connectivity index (χ1n) is 3.12. The summed E-state index contributed by atoms with van der Waals surface area (Å²) in [6.07, 6.45) is 0. The van der Waals surface area contributed by atoms with Crippen LogP contribution in [0.3, 0.4) is 0 Å². The second-order valence-corrected chi connectivity index (χ2v) is 2.30. The maximum absolute atomic E-state index is 10.9. The normalized spacial score (nSPS) is 9.55. The van der Waals surface area contributed by atoms with E-state index in [4.69, 9.17) is 5.11 Å². The highest BCUT2D eigenvalue weighted by atomic mass is 16.4.